The maximum atomic E-state index is 12.7. The Morgan fingerprint density at radius 2 is 1.62 bits per heavy atom. The van der Waals surface area contributed by atoms with Crippen molar-refractivity contribution in [3.63, 3.8) is 0 Å². The molecule has 1 aromatic carbocycles. The molecule has 2 nitrogen and oxygen atoms in total. The predicted molar refractivity (Wildman–Crippen MR) is 54.6 cm³/mol. The minimum Gasteiger partial charge on any atom is -0.304 e. The summed E-state index contributed by atoms with van der Waals surface area (Å²) in [4.78, 5) is 4.46. The average Bonchev–Trinajstić information content (AvgIpc) is 2.16. The average molecular weight is 233 g/mol. The lowest BCUT2D eigenvalue weighted by atomic mass is 9.82. The lowest BCUT2D eigenvalue weighted by Crippen LogP contribution is -2.29. The van der Waals surface area contributed by atoms with Gasteiger partial charge in [0.05, 0.1) is 12.2 Å². The number of hydrogen-bond acceptors (Lipinski definition) is 2. The van der Waals surface area contributed by atoms with Crippen LogP contribution in [0.5, 0.6) is 0 Å². The summed E-state index contributed by atoms with van der Waals surface area (Å²) in [7, 11) is 0. The first-order valence-electron chi connectivity index (χ1n) is 4.77. The highest BCUT2D eigenvalue weighted by Gasteiger charge is 2.37. The van der Waals surface area contributed by atoms with Crippen LogP contribution in [0.3, 0.4) is 0 Å². The lowest BCUT2D eigenvalue weighted by Gasteiger charge is -2.27. The van der Waals surface area contributed by atoms with Gasteiger partial charge in [-0.25, -0.2) is 5.90 Å². The van der Waals surface area contributed by atoms with E-state index >= 15 is 0 Å². The van der Waals surface area contributed by atoms with Crippen molar-refractivity contribution in [1.29, 1.82) is 0 Å². The van der Waals surface area contributed by atoms with Crippen LogP contribution in [-0.2, 0) is 16.4 Å². The van der Waals surface area contributed by atoms with Gasteiger partial charge in [0.15, 0.2) is 0 Å². The van der Waals surface area contributed by atoms with Crippen molar-refractivity contribution in [3.8, 4) is 0 Å². The summed E-state index contributed by atoms with van der Waals surface area (Å²) in [6.07, 6.45) is -4.36. The van der Waals surface area contributed by atoms with E-state index in [0.29, 0.717) is 0 Å². The molecule has 0 bridgehead atoms. The van der Waals surface area contributed by atoms with Gasteiger partial charge in [-0.15, -0.1) is 0 Å². The molecule has 0 unspecified atom stereocenters. The van der Waals surface area contributed by atoms with Crippen LogP contribution in [0.4, 0.5) is 13.2 Å². The second kappa shape index (κ2) is 4.43. The first kappa shape index (κ1) is 13.0. The third kappa shape index (κ3) is 2.74. The summed E-state index contributed by atoms with van der Waals surface area (Å²) >= 11 is 0. The molecule has 90 valence electrons. The smallest absolute Gasteiger partial charge is 0.304 e. The molecule has 0 aromatic heterocycles. The van der Waals surface area contributed by atoms with Crippen LogP contribution in [0.1, 0.15) is 25.0 Å². The quantitative estimate of drug-likeness (QED) is 0.815. The summed E-state index contributed by atoms with van der Waals surface area (Å²) in [6.45, 7) is 3.34. The Morgan fingerprint density at radius 1 is 1.12 bits per heavy atom. The van der Waals surface area contributed by atoms with E-state index in [1.54, 1.807) is 19.9 Å². The number of alkyl halides is 3. The second-order valence-electron chi connectivity index (χ2n) is 4.24. The lowest BCUT2D eigenvalue weighted by molar-refractivity contribution is -0.139. The largest absolute Gasteiger partial charge is 0.416 e. The Balaban J connectivity index is 3.23. The first-order chi connectivity index (χ1) is 7.29. The molecule has 16 heavy (non-hydrogen) atoms. The molecule has 0 saturated carbocycles. The standard InChI is InChI=1S/C11H14F3NO/c1-10(2,7-16-15)8-5-3-4-6-9(8)11(12,13)14/h3-6H,7,15H2,1-2H3. The molecule has 0 aliphatic carbocycles. The highest BCUT2D eigenvalue weighted by atomic mass is 19.4. The zero-order valence-electron chi connectivity index (χ0n) is 9.14. The Hall–Kier alpha value is -1.07. The minimum absolute atomic E-state index is 0.0279. The molecule has 5 heteroatoms. The van der Waals surface area contributed by atoms with Crippen LogP contribution in [0, 0.1) is 0 Å². The fourth-order valence-corrected chi connectivity index (χ4v) is 1.61. The zero-order chi connectivity index (χ0) is 12.4. The second-order valence-corrected chi connectivity index (χ2v) is 4.24. The molecule has 1 aromatic rings. The van der Waals surface area contributed by atoms with Crippen LogP contribution in [-0.4, -0.2) is 6.61 Å². The molecule has 0 atom stereocenters. The van der Waals surface area contributed by atoms with Crippen molar-refractivity contribution in [1.82, 2.24) is 0 Å². The highest BCUT2D eigenvalue weighted by Crippen LogP contribution is 2.37. The van der Waals surface area contributed by atoms with E-state index in [1.807, 2.05) is 0 Å². The van der Waals surface area contributed by atoms with E-state index in [2.05, 4.69) is 4.84 Å². The van der Waals surface area contributed by atoms with Gasteiger partial charge >= 0.3 is 6.18 Å². The van der Waals surface area contributed by atoms with Crippen molar-refractivity contribution in [3.05, 3.63) is 35.4 Å². The van der Waals surface area contributed by atoms with Crippen molar-refractivity contribution in [2.45, 2.75) is 25.4 Å². The fourth-order valence-electron chi connectivity index (χ4n) is 1.61. The van der Waals surface area contributed by atoms with E-state index in [-0.39, 0.29) is 12.2 Å². The molecule has 1 rings (SSSR count). The molecule has 2 N–H and O–H groups in total. The van der Waals surface area contributed by atoms with Gasteiger partial charge in [-0.3, -0.25) is 0 Å². The highest BCUT2D eigenvalue weighted by molar-refractivity contribution is 5.35. The van der Waals surface area contributed by atoms with Gasteiger partial charge in [0.1, 0.15) is 0 Å². The summed E-state index contributed by atoms with van der Waals surface area (Å²) in [5.41, 5.74) is -1.23. The zero-order valence-corrected chi connectivity index (χ0v) is 9.14. The Morgan fingerprint density at radius 3 is 2.06 bits per heavy atom. The van der Waals surface area contributed by atoms with Crippen molar-refractivity contribution < 1.29 is 18.0 Å². The van der Waals surface area contributed by atoms with E-state index in [9.17, 15) is 13.2 Å². The number of rotatable bonds is 3. The number of halogens is 3. The van der Waals surface area contributed by atoms with E-state index < -0.39 is 17.2 Å². The molecule has 0 amide bonds. The number of benzene rings is 1. The van der Waals surface area contributed by atoms with Crippen LogP contribution < -0.4 is 5.90 Å². The SMILES string of the molecule is CC(C)(CON)c1ccccc1C(F)(F)F. The Bertz CT molecular complexity index is 360. The van der Waals surface area contributed by atoms with Gasteiger partial charge in [0.2, 0.25) is 0 Å². The summed E-state index contributed by atoms with van der Waals surface area (Å²) in [5.74, 6) is 4.93. The van der Waals surface area contributed by atoms with E-state index in [4.69, 9.17) is 5.90 Å². The molecule has 0 spiro atoms. The van der Waals surface area contributed by atoms with Gasteiger partial charge in [-0.05, 0) is 11.6 Å². The maximum Gasteiger partial charge on any atom is 0.416 e. The molecular formula is C11H14F3NO. The van der Waals surface area contributed by atoms with Gasteiger partial charge in [0, 0.05) is 5.41 Å². The monoisotopic (exact) mass is 233 g/mol. The van der Waals surface area contributed by atoms with E-state index in [1.165, 1.54) is 12.1 Å². The molecular weight excluding hydrogens is 219 g/mol. The number of hydrogen-bond donors (Lipinski definition) is 1. The van der Waals surface area contributed by atoms with Crippen molar-refractivity contribution in [2.75, 3.05) is 6.61 Å². The number of nitrogens with two attached hydrogens (primary N) is 1. The van der Waals surface area contributed by atoms with Crippen molar-refractivity contribution in [2.24, 2.45) is 5.90 Å². The summed E-state index contributed by atoms with van der Waals surface area (Å²) in [6, 6.07) is 5.45. The molecule has 0 saturated heterocycles. The van der Waals surface area contributed by atoms with Crippen LogP contribution in [0.2, 0.25) is 0 Å². The van der Waals surface area contributed by atoms with Gasteiger partial charge in [-0.2, -0.15) is 13.2 Å². The first-order valence-corrected chi connectivity index (χ1v) is 4.77. The Kier molecular flexibility index (Phi) is 3.60. The van der Waals surface area contributed by atoms with Crippen LogP contribution >= 0.6 is 0 Å². The topological polar surface area (TPSA) is 35.2 Å². The summed E-state index contributed by atoms with van der Waals surface area (Å²) < 4.78 is 38.2. The van der Waals surface area contributed by atoms with Gasteiger partial charge < -0.3 is 4.84 Å². The molecule has 0 radical (unpaired) electrons. The molecule has 0 aliphatic rings. The van der Waals surface area contributed by atoms with Gasteiger partial charge in [0.25, 0.3) is 0 Å². The molecule has 0 aliphatic heterocycles. The summed E-state index contributed by atoms with van der Waals surface area (Å²) in [5, 5.41) is 0. The third-order valence-electron chi connectivity index (χ3n) is 2.41. The van der Waals surface area contributed by atoms with E-state index in [0.717, 1.165) is 6.07 Å². The van der Waals surface area contributed by atoms with Crippen LogP contribution in [0.25, 0.3) is 0 Å². The fraction of sp³-hybridized carbons (Fsp3) is 0.455. The Labute approximate surface area is 92.2 Å². The van der Waals surface area contributed by atoms with Crippen LogP contribution in [0.15, 0.2) is 24.3 Å². The van der Waals surface area contributed by atoms with Crippen molar-refractivity contribution >= 4 is 0 Å². The maximum absolute atomic E-state index is 12.7. The predicted octanol–water partition coefficient (Wildman–Crippen LogP) is 2.87. The molecule has 0 heterocycles. The normalized spacial score (nSPS) is 12.9. The third-order valence-corrected chi connectivity index (χ3v) is 2.41. The molecule has 0 fully saturated rings. The minimum atomic E-state index is -4.36. The van der Waals surface area contributed by atoms with Gasteiger partial charge in [-0.1, -0.05) is 32.0 Å².